The molecule has 3 heterocycles. The van der Waals surface area contributed by atoms with E-state index >= 15 is 0 Å². The van der Waals surface area contributed by atoms with E-state index in [2.05, 4.69) is 10.4 Å². The molecule has 0 spiro atoms. The van der Waals surface area contributed by atoms with Gasteiger partial charge >= 0.3 is 5.69 Å². The second-order valence-corrected chi connectivity index (χ2v) is 7.55. The van der Waals surface area contributed by atoms with E-state index in [0.717, 1.165) is 29.8 Å². The summed E-state index contributed by atoms with van der Waals surface area (Å²) in [6, 6.07) is 7.27. The maximum absolute atomic E-state index is 12.6. The minimum Gasteiger partial charge on any atom is -0.464 e. The first-order valence-electron chi connectivity index (χ1n) is 9.60. The molecule has 0 fully saturated rings. The van der Waals surface area contributed by atoms with Crippen LogP contribution in [0.2, 0.25) is 0 Å². The monoisotopic (exact) mass is 383 g/mol. The quantitative estimate of drug-likeness (QED) is 0.721. The predicted octanol–water partition coefficient (Wildman–Crippen LogP) is 1.49. The van der Waals surface area contributed by atoms with Crippen LogP contribution < -0.4 is 11.0 Å². The number of likely N-dealkylation sites (N-methyl/N-ethyl adjacent to an activating group) is 1. The Bertz CT molecular complexity index is 1050. The molecule has 3 aromatic rings. The van der Waals surface area contributed by atoms with Crippen LogP contribution in [-0.4, -0.2) is 51.8 Å². The van der Waals surface area contributed by atoms with Gasteiger partial charge in [-0.05, 0) is 51.2 Å². The summed E-state index contributed by atoms with van der Waals surface area (Å²) < 4.78 is 8.62. The fourth-order valence-electron chi connectivity index (χ4n) is 3.59. The number of aryl methyl sites for hydroxylation is 1. The van der Waals surface area contributed by atoms with Crippen molar-refractivity contribution in [3.05, 3.63) is 52.4 Å². The number of aromatic nitrogens is 3. The lowest BCUT2D eigenvalue weighted by atomic mass is 10.1. The molecule has 8 nitrogen and oxygen atoms in total. The van der Waals surface area contributed by atoms with Gasteiger partial charge in [-0.2, -0.15) is 5.10 Å². The average molecular weight is 383 g/mol. The predicted molar refractivity (Wildman–Crippen MR) is 105 cm³/mol. The molecule has 1 aromatic carbocycles. The standard InChI is InChI=1S/C20H25N5O3/c1-23(2)10-11-25-20(27)24-9-7-16(4-6-18(24)22-25)21-19(26)15-3-5-17-14(13-15)8-12-28-17/h3,5,8,12-13,16H,4,6-7,9-11H2,1-2H3,(H,21,26). The van der Waals surface area contributed by atoms with E-state index in [0.29, 0.717) is 31.5 Å². The third-order valence-corrected chi connectivity index (χ3v) is 5.23. The highest BCUT2D eigenvalue weighted by Gasteiger charge is 2.22. The minimum absolute atomic E-state index is 0.0175. The van der Waals surface area contributed by atoms with E-state index in [1.165, 1.54) is 0 Å². The molecule has 1 amide bonds. The van der Waals surface area contributed by atoms with E-state index in [9.17, 15) is 9.59 Å². The molecule has 0 saturated carbocycles. The number of fused-ring (bicyclic) bond motifs is 2. The number of carbonyl (C=O) groups is 1. The van der Waals surface area contributed by atoms with Gasteiger partial charge in [-0.3, -0.25) is 9.36 Å². The number of nitrogens with zero attached hydrogens (tertiary/aromatic N) is 4. The number of benzene rings is 1. The van der Waals surface area contributed by atoms with Gasteiger partial charge in [0.2, 0.25) is 0 Å². The van der Waals surface area contributed by atoms with Crippen LogP contribution in [0, 0.1) is 0 Å². The van der Waals surface area contributed by atoms with Crippen LogP contribution in [0.5, 0.6) is 0 Å². The lowest BCUT2D eigenvalue weighted by Gasteiger charge is -2.16. The summed E-state index contributed by atoms with van der Waals surface area (Å²) in [7, 11) is 3.95. The molecule has 0 saturated heterocycles. The Morgan fingerprint density at radius 1 is 1.32 bits per heavy atom. The summed E-state index contributed by atoms with van der Waals surface area (Å²) in [4.78, 5) is 27.2. The second kappa shape index (κ2) is 7.63. The number of carbonyl (C=O) groups excluding carboxylic acids is 1. The zero-order valence-electron chi connectivity index (χ0n) is 16.2. The molecule has 0 radical (unpaired) electrons. The molecule has 1 aliphatic rings. The van der Waals surface area contributed by atoms with E-state index in [4.69, 9.17) is 4.42 Å². The Labute approximate surface area is 162 Å². The van der Waals surface area contributed by atoms with Gasteiger partial charge in [0.25, 0.3) is 5.91 Å². The maximum atomic E-state index is 12.6. The van der Waals surface area contributed by atoms with E-state index < -0.39 is 0 Å². The van der Waals surface area contributed by atoms with E-state index in [1.54, 1.807) is 21.6 Å². The molecule has 1 N–H and O–H groups in total. The van der Waals surface area contributed by atoms with Gasteiger partial charge in [0.15, 0.2) is 0 Å². The summed E-state index contributed by atoms with van der Waals surface area (Å²) in [5, 5.41) is 8.51. The van der Waals surface area contributed by atoms with Crippen molar-refractivity contribution in [1.29, 1.82) is 0 Å². The number of amides is 1. The normalized spacial score (nSPS) is 16.9. The molecule has 1 atom stereocenters. The molecule has 28 heavy (non-hydrogen) atoms. The zero-order chi connectivity index (χ0) is 19.7. The Morgan fingerprint density at radius 3 is 3.00 bits per heavy atom. The van der Waals surface area contributed by atoms with Gasteiger partial charge in [-0.25, -0.2) is 9.48 Å². The highest BCUT2D eigenvalue weighted by molar-refractivity contribution is 5.97. The van der Waals surface area contributed by atoms with Gasteiger partial charge in [0.05, 0.1) is 12.8 Å². The first-order chi connectivity index (χ1) is 13.5. The summed E-state index contributed by atoms with van der Waals surface area (Å²) >= 11 is 0. The van der Waals surface area contributed by atoms with Crippen LogP contribution in [0.1, 0.15) is 29.0 Å². The summed E-state index contributed by atoms with van der Waals surface area (Å²) in [6.45, 7) is 1.93. The summed E-state index contributed by atoms with van der Waals surface area (Å²) in [5.74, 6) is 0.705. The summed E-state index contributed by atoms with van der Waals surface area (Å²) in [6.07, 6.45) is 3.77. The van der Waals surface area contributed by atoms with Crippen LogP contribution in [0.15, 0.2) is 39.7 Å². The molecule has 0 aliphatic carbocycles. The molecular weight excluding hydrogens is 358 g/mol. The van der Waals surface area contributed by atoms with Gasteiger partial charge < -0.3 is 14.6 Å². The van der Waals surface area contributed by atoms with Crippen molar-refractivity contribution in [2.45, 2.75) is 38.4 Å². The van der Waals surface area contributed by atoms with E-state index in [1.807, 2.05) is 37.2 Å². The van der Waals surface area contributed by atoms with Crippen LogP contribution >= 0.6 is 0 Å². The van der Waals surface area contributed by atoms with Crippen LogP contribution in [0.3, 0.4) is 0 Å². The van der Waals surface area contributed by atoms with Crippen molar-refractivity contribution in [3.63, 3.8) is 0 Å². The lowest BCUT2D eigenvalue weighted by Crippen LogP contribution is -2.36. The number of rotatable bonds is 5. The van der Waals surface area contributed by atoms with Crippen molar-refractivity contribution >= 4 is 16.9 Å². The number of hydrogen-bond acceptors (Lipinski definition) is 5. The first kappa shape index (κ1) is 18.5. The van der Waals surface area contributed by atoms with Crippen molar-refractivity contribution in [3.8, 4) is 0 Å². The first-order valence-corrected chi connectivity index (χ1v) is 9.60. The van der Waals surface area contributed by atoms with Crippen molar-refractivity contribution in [2.24, 2.45) is 0 Å². The van der Waals surface area contributed by atoms with Crippen LogP contribution in [-0.2, 0) is 19.5 Å². The molecule has 0 bridgehead atoms. The molecule has 8 heteroatoms. The van der Waals surface area contributed by atoms with Gasteiger partial charge in [-0.15, -0.1) is 0 Å². The molecule has 4 rings (SSSR count). The van der Waals surface area contributed by atoms with Gasteiger partial charge in [0.1, 0.15) is 11.4 Å². The molecule has 2 aromatic heterocycles. The van der Waals surface area contributed by atoms with E-state index in [-0.39, 0.29) is 17.6 Å². The summed E-state index contributed by atoms with van der Waals surface area (Å²) in [5.41, 5.74) is 1.32. The number of nitrogens with one attached hydrogen (secondary N) is 1. The van der Waals surface area contributed by atoms with Crippen molar-refractivity contribution in [1.82, 2.24) is 24.6 Å². The topological polar surface area (TPSA) is 85.3 Å². The Balaban J connectivity index is 1.41. The largest absolute Gasteiger partial charge is 0.464 e. The smallest absolute Gasteiger partial charge is 0.345 e. The third-order valence-electron chi connectivity index (χ3n) is 5.23. The van der Waals surface area contributed by atoms with Gasteiger partial charge in [-0.1, -0.05) is 0 Å². The zero-order valence-corrected chi connectivity index (χ0v) is 16.2. The highest BCUT2D eigenvalue weighted by Crippen LogP contribution is 2.18. The Kier molecular flexibility index (Phi) is 5.04. The fraction of sp³-hybridized carbons (Fsp3) is 0.450. The fourth-order valence-corrected chi connectivity index (χ4v) is 3.59. The molecule has 1 unspecified atom stereocenters. The maximum Gasteiger partial charge on any atom is 0.345 e. The second-order valence-electron chi connectivity index (χ2n) is 7.55. The average Bonchev–Trinajstić information content (AvgIpc) is 3.20. The van der Waals surface area contributed by atoms with Crippen molar-refractivity contribution in [2.75, 3.05) is 20.6 Å². The number of furan rings is 1. The molecule has 1 aliphatic heterocycles. The van der Waals surface area contributed by atoms with Crippen molar-refractivity contribution < 1.29 is 9.21 Å². The van der Waals surface area contributed by atoms with Crippen LogP contribution in [0.25, 0.3) is 11.0 Å². The van der Waals surface area contributed by atoms with Crippen LogP contribution in [0.4, 0.5) is 0 Å². The SMILES string of the molecule is CN(C)CCn1nc2n(c1=O)CCC(NC(=O)c1ccc3occc3c1)CC2. The Hall–Kier alpha value is -2.87. The Morgan fingerprint density at radius 2 is 2.18 bits per heavy atom. The molecular formula is C20H25N5O3. The van der Waals surface area contributed by atoms with Gasteiger partial charge in [0, 0.05) is 36.5 Å². The molecule has 148 valence electrons. The minimum atomic E-state index is -0.101. The number of hydrogen-bond donors (Lipinski definition) is 1. The highest BCUT2D eigenvalue weighted by atomic mass is 16.3. The lowest BCUT2D eigenvalue weighted by molar-refractivity contribution is 0.0933. The third kappa shape index (κ3) is 3.73.